The van der Waals surface area contributed by atoms with E-state index in [9.17, 15) is 9.59 Å². The van der Waals surface area contributed by atoms with Crippen molar-refractivity contribution in [2.24, 2.45) is 0 Å². The van der Waals surface area contributed by atoms with Crippen LogP contribution in [0.3, 0.4) is 0 Å². The van der Waals surface area contributed by atoms with Crippen LogP contribution in [0.4, 0.5) is 5.69 Å². The van der Waals surface area contributed by atoms with E-state index in [2.05, 4.69) is 4.90 Å². The van der Waals surface area contributed by atoms with E-state index < -0.39 is 5.97 Å². The molecule has 0 aliphatic carbocycles. The minimum Gasteiger partial charge on any atom is -0.497 e. The van der Waals surface area contributed by atoms with Gasteiger partial charge in [0.2, 0.25) is 0 Å². The fourth-order valence-corrected chi connectivity index (χ4v) is 3.30. The Morgan fingerprint density at radius 3 is 2.10 bits per heavy atom. The maximum Gasteiger partial charge on any atom is 0.338 e. The van der Waals surface area contributed by atoms with Crippen molar-refractivity contribution < 1.29 is 23.8 Å². The molecule has 7 nitrogen and oxygen atoms in total. The van der Waals surface area contributed by atoms with Crippen LogP contribution in [0.25, 0.3) is 0 Å². The molecule has 0 saturated carbocycles. The van der Waals surface area contributed by atoms with Crippen LogP contribution < -0.4 is 14.4 Å². The standard InChI is InChI=1S/C22H26N2O5/c1-16-14-19(28-3)8-9-20(16)22(26)29-15-21(25)24-12-10-23(11-13-24)17-4-6-18(27-2)7-5-17/h4-9,14H,10-13,15H2,1-3H3. The third kappa shape index (κ3) is 4.99. The monoisotopic (exact) mass is 398 g/mol. The number of rotatable bonds is 6. The fourth-order valence-electron chi connectivity index (χ4n) is 3.30. The number of anilines is 1. The molecule has 0 atom stereocenters. The van der Waals surface area contributed by atoms with Gasteiger partial charge >= 0.3 is 5.97 Å². The summed E-state index contributed by atoms with van der Waals surface area (Å²) >= 11 is 0. The highest BCUT2D eigenvalue weighted by Crippen LogP contribution is 2.21. The lowest BCUT2D eigenvalue weighted by Gasteiger charge is -2.36. The lowest BCUT2D eigenvalue weighted by molar-refractivity contribution is -0.134. The molecule has 0 unspecified atom stereocenters. The molecule has 2 aromatic carbocycles. The van der Waals surface area contributed by atoms with Crippen molar-refractivity contribution in [3.63, 3.8) is 0 Å². The number of amides is 1. The van der Waals surface area contributed by atoms with Gasteiger partial charge in [0.1, 0.15) is 11.5 Å². The molecule has 154 valence electrons. The molecule has 3 rings (SSSR count). The maximum atomic E-state index is 12.4. The Kier molecular flexibility index (Phi) is 6.59. The Labute approximate surface area is 170 Å². The number of esters is 1. The van der Waals surface area contributed by atoms with Crippen LogP contribution >= 0.6 is 0 Å². The minimum absolute atomic E-state index is 0.182. The zero-order valence-corrected chi connectivity index (χ0v) is 17.0. The fraction of sp³-hybridized carbons (Fsp3) is 0.364. The van der Waals surface area contributed by atoms with Crippen molar-refractivity contribution in [1.82, 2.24) is 4.90 Å². The van der Waals surface area contributed by atoms with Gasteiger partial charge in [0.05, 0.1) is 19.8 Å². The van der Waals surface area contributed by atoms with Crippen molar-refractivity contribution in [3.05, 3.63) is 53.6 Å². The number of ether oxygens (including phenoxy) is 3. The van der Waals surface area contributed by atoms with Gasteiger partial charge < -0.3 is 24.0 Å². The van der Waals surface area contributed by atoms with Gasteiger partial charge in [-0.1, -0.05) is 0 Å². The number of carbonyl (C=O) groups is 2. The Bertz CT molecular complexity index is 858. The zero-order valence-electron chi connectivity index (χ0n) is 17.0. The SMILES string of the molecule is COc1ccc(N2CCN(C(=O)COC(=O)c3ccc(OC)cc3C)CC2)cc1. The summed E-state index contributed by atoms with van der Waals surface area (Å²) in [5.74, 6) is 0.801. The molecule has 0 spiro atoms. The second-order valence-corrected chi connectivity index (χ2v) is 6.82. The summed E-state index contributed by atoms with van der Waals surface area (Å²) in [5.41, 5.74) is 2.28. The topological polar surface area (TPSA) is 68.3 Å². The molecule has 1 amide bonds. The number of carbonyl (C=O) groups excluding carboxylic acids is 2. The van der Waals surface area contributed by atoms with Crippen LogP contribution in [0, 0.1) is 6.92 Å². The van der Waals surface area contributed by atoms with Crippen LogP contribution in [0.2, 0.25) is 0 Å². The van der Waals surface area contributed by atoms with E-state index >= 15 is 0 Å². The summed E-state index contributed by atoms with van der Waals surface area (Å²) in [6, 6.07) is 13.0. The third-order valence-electron chi connectivity index (χ3n) is 5.05. The molecule has 1 saturated heterocycles. The van der Waals surface area contributed by atoms with Crippen molar-refractivity contribution in [2.75, 3.05) is 51.9 Å². The highest BCUT2D eigenvalue weighted by atomic mass is 16.5. The van der Waals surface area contributed by atoms with E-state index in [0.717, 1.165) is 30.1 Å². The number of aryl methyl sites for hydroxylation is 1. The average Bonchev–Trinajstić information content (AvgIpc) is 2.77. The van der Waals surface area contributed by atoms with Crippen molar-refractivity contribution in [1.29, 1.82) is 0 Å². The average molecular weight is 398 g/mol. The molecule has 0 N–H and O–H groups in total. The summed E-state index contributed by atoms with van der Waals surface area (Å²) in [6.07, 6.45) is 0. The third-order valence-corrected chi connectivity index (χ3v) is 5.05. The smallest absolute Gasteiger partial charge is 0.338 e. The molecule has 2 aromatic rings. The van der Waals surface area contributed by atoms with Crippen LogP contribution in [-0.2, 0) is 9.53 Å². The number of hydrogen-bond acceptors (Lipinski definition) is 6. The molecular formula is C22H26N2O5. The van der Waals surface area contributed by atoms with E-state index in [1.165, 1.54) is 0 Å². The number of methoxy groups -OCH3 is 2. The largest absolute Gasteiger partial charge is 0.497 e. The Balaban J connectivity index is 1.48. The van der Waals surface area contributed by atoms with Gasteiger partial charge in [-0.25, -0.2) is 4.79 Å². The van der Waals surface area contributed by atoms with E-state index in [1.807, 2.05) is 24.3 Å². The first kappa shape index (κ1) is 20.5. The summed E-state index contributed by atoms with van der Waals surface area (Å²) in [4.78, 5) is 28.7. The summed E-state index contributed by atoms with van der Waals surface area (Å²) < 4.78 is 15.6. The Morgan fingerprint density at radius 1 is 0.897 bits per heavy atom. The van der Waals surface area contributed by atoms with E-state index in [0.29, 0.717) is 24.4 Å². The van der Waals surface area contributed by atoms with Gasteiger partial charge in [-0.15, -0.1) is 0 Å². The molecule has 1 fully saturated rings. The molecular weight excluding hydrogens is 372 g/mol. The Morgan fingerprint density at radius 2 is 1.52 bits per heavy atom. The molecule has 29 heavy (non-hydrogen) atoms. The minimum atomic E-state index is -0.504. The molecule has 0 bridgehead atoms. The number of piperazine rings is 1. The molecule has 1 heterocycles. The van der Waals surface area contributed by atoms with Gasteiger partial charge in [0.15, 0.2) is 6.61 Å². The van der Waals surface area contributed by atoms with Gasteiger partial charge in [-0.3, -0.25) is 4.79 Å². The van der Waals surface area contributed by atoms with E-state index in [1.54, 1.807) is 44.2 Å². The number of nitrogens with zero attached hydrogens (tertiary/aromatic N) is 2. The van der Waals surface area contributed by atoms with Gasteiger partial charge in [-0.05, 0) is 55.0 Å². The molecule has 0 aromatic heterocycles. The predicted octanol–water partition coefficient (Wildman–Crippen LogP) is 2.52. The molecule has 7 heteroatoms. The predicted molar refractivity (Wildman–Crippen MR) is 110 cm³/mol. The van der Waals surface area contributed by atoms with E-state index in [-0.39, 0.29) is 12.5 Å². The number of benzene rings is 2. The van der Waals surface area contributed by atoms with Gasteiger partial charge in [0, 0.05) is 31.9 Å². The van der Waals surface area contributed by atoms with Gasteiger partial charge in [-0.2, -0.15) is 0 Å². The quantitative estimate of drug-likeness (QED) is 0.697. The lowest BCUT2D eigenvalue weighted by Crippen LogP contribution is -2.49. The Hall–Kier alpha value is -3.22. The van der Waals surface area contributed by atoms with Gasteiger partial charge in [0.25, 0.3) is 5.91 Å². The highest BCUT2D eigenvalue weighted by molar-refractivity contribution is 5.92. The van der Waals surface area contributed by atoms with Crippen molar-refractivity contribution in [2.45, 2.75) is 6.92 Å². The first-order valence-electron chi connectivity index (χ1n) is 9.50. The van der Waals surface area contributed by atoms with Crippen molar-refractivity contribution >= 4 is 17.6 Å². The first-order chi connectivity index (χ1) is 14.0. The second-order valence-electron chi connectivity index (χ2n) is 6.82. The van der Waals surface area contributed by atoms with Crippen molar-refractivity contribution in [3.8, 4) is 11.5 Å². The lowest BCUT2D eigenvalue weighted by atomic mass is 10.1. The van der Waals surface area contributed by atoms with Crippen LogP contribution in [-0.4, -0.2) is 63.8 Å². The van der Waals surface area contributed by atoms with Crippen LogP contribution in [0.1, 0.15) is 15.9 Å². The summed E-state index contributed by atoms with van der Waals surface area (Å²) in [5, 5.41) is 0. The second kappa shape index (κ2) is 9.32. The summed E-state index contributed by atoms with van der Waals surface area (Å²) in [6.45, 7) is 4.17. The number of hydrogen-bond donors (Lipinski definition) is 0. The molecule has 0 radical (unpaired) electrons. The maximum absolute atomic E-state index is 12.4. The first-order valence-corrected chi connectivity index (χ1v) is 9.50. The summed E-state index contributed by atoms with van der Waals surface area (Å²) in [7, 11) is 3.21. The van der Waals surface area contributed by atoms with E-state index in [4.69, 9.17) is 14.2 Å². The van der Waals surface area contributed by atoms with Crippen LogP contribution in [0.5, 0.6) is 11.5 Å². The normalized spacial score (nSPS) is 13.8. The highest BCUT2D eigenvalue weighted by Gasteiger charge is 2.23. The molecule has 1 aliphatic heterocycles. The zero-order chi connectivity index (χ0) is 20.8. The molecule has 1 aliphatic rings. The van der Waals surface area contributed by atoms with Crippen LogP contribution in [0.15, 0.2) is 42.5 Å².